The van der Waals surface area contributed by atoms with Gasteiger partial charge in [-0.15, -0.1) is 0 Å². The van der Waals surface area contributed by atoms with Crippen molar-refractivity contribution in [3.63, 3.8) is 0 Å². The van der Waals surface area contributed by atoms with Crippen molar-refractivity contribution >= 4 is 23.2 Å². The minimum Gasteiger partial charge on any atom is -0.492 e. The molecule has 0 saturated heterocycles. The minimum absolute atomic E-state index is 0.555. The van der Waals surface area contributed by atoms with E-state index in [0.29, 0.717) is 23.2 Å². The average Bonchev–Trinajstić information content (AvgIpc) is 2.33. The van der Waals surface area contributed by atoms with E-state index >= 15 is 0 Å². The van der Waals surface area contributed by atoms with E-state index in [-0.39, 0.29) is 0 Å². The van der Waals surface area contributed by atoms with Crippen LogP contribution in [0.2, 0.25) is 10.0 Å². The molecule has 0 bridgehead atoms. The molecule has 1 aromatic rings. The molecule has 96 valence electrons. The first-order valence-electron chi connectivity index (χ1n) is 5.84. The second-order valence-corrected chi connectivity index (χ2v) is 4.83. The Balaban J connectivity index is 3.31. The Morgan fingerprint density at radius 3 is 2.29 bits per heavy atom. The van der Waals surface area contributed by atoms with Crippen LogP contribution < -0.4 is 10.5 Å². The van der Waals surface area contributed by atoms with E-state index in [1.165, 1.54) is 0 Å². The van der Waals surface area contributed by atoms with Crippen LogP contribution in [-0.2, 0) is 6.42 Å². The highest BCUT2D eigenvalue weighted by Crippen LogP contribution is 2.39. The zero-order chi connectivity index (χ0) is 13.0. The molecule has 0 atom stereocenters. The molecule has 1 aromatic carbocycles. The number of hydrogen-bond acceptors (Lipinski definition) is 2. The van der Waals surface area contributed by atoms with E-state index in [9.17, 15) is 0 Å². The van der Waals surface area contributed by atoms with E-state index in [1.54, 1.807) is 0 Å². The number of hydrogen-bond donors (Lipinski definition) is 1. The Morgan fingerprint density at radius 1 is 1.12 bits per heavy atom. The number of rotatable bonds is 5. The molecular formula is C13H19Cl2NO. The summed E-state index contributed by atoms with van der Waals surface area (Å²) in [7, 11) is 0. The zero-order valence-corrected chi connectivity index (χ0v) is 12.1. The van der Waals surface area contributed by atoms with E-state index in [2.05, 4.69) is 6.92 Å². The third kappa shape index (κ3) is 3.06. The summed E-state index contributed by atoms with van der Waals surface area (Å²) in [4.78, 5) is 0. The molecule has 1 rings (SSSR count). The van der Waals surface area contributed by atoms with Gasteiger partial charge in [0.15, 0.2) is 0 Å². The molecular weight excluding hydrogens is 257 g/mol. The molecule has 0 spiro atoms. The van der Waals surface area contributed by atoms with Gasteiger partial charge in [-0.2, -0.15) is 0 Å². The molecule has 0 fully saturated rings. The first-order valence-corrected chi connectivity index (χ1v) is 6.60. The Kier molecular flexibility index (Phi) is 5.57. The van der Waals surface area contributed by atoms with Crippen LogP contribution in [0.1, 0.15) is 30.0 Å². The van der Waals surface area contributed by atoms with Crippen molar-refractivity contribution in [1.82, 2.24) is 0 Å². The Bertz CT molecular complexity index is 405. The van der Waals surface area contributed by atoms with Crippen molar-refractivity contribution in [3.05, 3.63) is 26.7 Å². The predicted octanol–water partition coefficient (Wildman–Crippen LogP) is 3.90. The van der Waals surface area contributed by atoms with Gasteiger partial charge in [0.05, 0.1) is 11.6 Å². The summed E-state index contributed by atoms with van der Waals surface area (Å²) in [5.74, 6) is 0.748. The van der Waals surface area contributed by atoms with Gasteiger partial charge in [0, 0.05) is 10.6 Å². The molecule has 2 N–H and O–H groups in total. The van der Waals surface area contributed by atoms with E-state index < -0.39 is 0 Å². The number of halogens is 2. The first-order chi connectivity index (χ1) is 8.04. The smallest absolute Gasteiger partial charge is 0.141 e. The molecule has 0 amide bonds. The summed E-state index contributed by atoms with van der Waals surface area (Å²) < 4.78 is 5.74. The lowest BCUT2D eigenvalue weighted by Gasteiger charge is -2.18. The maximum absolute atomic E-state index is 6.30. The maximum atomic E-state index is 6.30. The summed E-state index contributed by atoms with van der Waals surface area (Å²) in [5.41, 5.74) is 8.54. The van der Waals surface area contributed by atoms with Crippen molar-refractivity contribution < 1.29 is 4.74 Å². The van der Waals surface area contributed by atoms with Crippen molar-refractivity contribution in [2.75, 3.05) is 13.2 Å². The lowest BCUT2D eigenvalue weighted by atomic mass is 10.0. The van der Waals surface area contributed by atoms with Gasteiger partial charge in [-0.1, -0.05) is 30.1 Å². The van der Waals surface area contributed by atoms with Crippen LogP contribution in [0, 0.1) is 13.8 Å². The van der Waals surface area contributed by atoms with E-state index in [4.69, 9.17) is 33.7 Å². The summed E-state index contributed by atoms with van der Waals surface area (Å²) in [6, 6.07) is 0. The third-order valence-corrected chi connectivity index (χ3v) is 3.78. The minimum atomic E-state index is 0.555. The van der Waals surface area contributed by atoms with Crippen molar-refractivity contribution in [2.45, 2.75) is 33.6 Å². The largest absolute Gasteiger partial charge is 0.492 e. The normalized spacial score (nSPS) is 10.7. The molecule has 17 heavy (non-hydrogen) atoms. The van der Waals surface area contributed by atoms with E-state index in [0.717, 1.165) is 35.3 Å². The topological polar surface area (TPSA) is 35.2 Å². The molecule has 4 heteroatoms. The zero-order valence-electron chi connectivity index (χ0n) is 10.6. The molecule has 2 nitrogen and oxygen atoms in total. The van der Waals surface area contributed by atoms with Gasteiger partial charge in [-0.3, -0.25) is 0 Å². The SMILES string of the molecule is CCCOc1c(Cl)c(C)c(Cl)c(C)c1CCN. The molecule has 0 saturated carbocycles. The van der Waals surface area contributed by atoms with Gasteiger partial charge in [0.1, 0.15) is 5.75 Å². The highest BCUT2D eigenvalue weighted by molar-refractivity contribution is 6.37. The van der Waals surface area contributed by atoms with Crippen molar-refractivity contribution in [2.24, 2.45) is 5.73 Å². The van der Waals surface area contributed by atoms with Gasteiger partial charge in [-0.25, -0.2) is 0 Å². The Morgan fingerprint density at radius 2 is 1.76 bits per heavy atom. The average molecular weight is 276 g/mol. The molecule has 0 aromatic heterocycles. The van der Waals surface area contributed by atoms with Gasteiger partial charge >= 0.3 is 0 Å². The fraction of sp³-hybridized carbons (Fsp3) is 0.538. The quantitative estimate of drug-likeness (QED) is 0.885. The standard InChI is InChI=1S/C13H19Cl2NO/c1-4-7-17-13-10(5-6-16)8(2)11(14)9(3)12(13)15/h4-7,16H2,1-3H3. The highest BCUT2D eigenvalue weighted by Gasteiger charge is 2.18. The van der Waals surface area contributed by atoms with Crippen LogP contribution >= 0.6 is 23.2 Å². The Hall–Kier alpha value is -0.440. The van der Waals surface area contributed by atoms with Crippen LogP contribution in [0.3, 0.4) is 0 Å². The van der Waals surface area contributed by atoms with Crippen molar-refractivity contribution in [3.8, 4) is 5.75 Å². The molecule has 0 unspecified atom stereocenters. The van der Waals surface area contributed by atoms with Crippen LogP contribution in [0.25, 0.3) is 0 Å². The van der Waals surface area contributed by atoms with Gasteiger partial charge in [0.2, 0.25) is 0 Å². The lowest BCUT2D eigenvalue weighted by molar-refractivity contribution is 0.314. The number of nitrogens with two attached hydrogens (primary N) is 1. The van der Waals surface area contributed by atoms with E-state index in [1.807, 2.05) is 13.8 Å². The monoisotopic (exact) mass is 275 g/mol. The van der Waals surface area contributed by atoms with Crippen LogP contribution in [-0.4, -0.2) is 13.2 Å². The van der Waals surface area contributed by atoms with Crippen LogP contribution in [0.5, 0.6) is 5.75 Å². The summed E-state index contributed by atoms with van der Waals surface area (Å²) in [5, 5.41) is 1.32. The van der Waals surface area contributed by atoms with Crippen molar-refractivity contribution in [1.29, 1.82) is 0 Å². The molecule has 0 heterocycles. The second-order valence-electron chi connectivity index (χ2n) is 4.07. The maximum Gasteiger partial charge on any atom is 0.141 e. The molecule has 0 aliphatic carbocycles. The summed E-state index contributed by atoms with van der Waals surface area (Å²) in [6.45, 7) is 7.15. The van der Waals surface area contributed by atoms with Crippen LogP contribution in [0.4, 0.5) is 0 Å². The first kappa shape index (κ1) is 14.6. The van der Waals surface area contributed by atoms with Gasteiger partial charge in [-0.05, 0) is 44.4 Å². The molecule has 0 radical (unpaired) electrons. The van der Waals surface area contributed by atoms with Gasteiger partial charge in [0.25, 0.3) is 0 Å². The third-order valence-electron chi connectivity index (χ3n) is 2.76. The highest BCUT2D eigenvalue weighted by atomic mass is 35.5. The van der Waals surface area contributed by atoms with Crippen LogP contribution in [0.15, 0.2) is 0 Å². The summed E-state index contributed by atoms with van der Waals surface area (Å²) in [6.07, 6.45) is 1.67. The predicted molar refractivity (Wildman–Crippen MR) is 74.5 cm³/mol. The second kappa shape index (κ2) is 6.48. The molecule has 0 aliphatic heterocycles. The van der Waals surface area contributed by atoms with Gasteiger partial charge < -0.3 is 10.5 Å². The lowest BCUT2D eigenvalue weighted by Crippen LogP contribution is -2.09. The fourth-order valence-corrected chi connectivity index (χ4v) is 2.30. The number of benzene rings is 1. The Labute approximate surface area is 113 Å². The fourth-order valence-electron chi connectivity index (χ4n) is 1.78. The number of ether oxygens (including phenoxy) is 1. The summed E-state index contributed by atoms with van der Waals surface area (Å²) >= 11 is 12.5. The molecule has 0 aliphatic rings.